The SMILES string of the molecule is CCCNC(=O)CN1c2ccc(CC)cc2-c2ccccc2S1(=O)=O. The molecule has 2 aromatic carbocycles. The summed E-state index contributed by atoms with van der Waals surface area (Å²) in [4.78, 5) is 12.4. The van der Waals surface area contributed by atoms with Gasteiger partial charge in [-0.05, 0) is 36.6 Å². The van der Waals surface area contributed by atoms with Crippen LogP contribution in [-0.2, 0) is 21.2 Å². The van der Waals surface area contributed by atoms with Gasteiger partial charge in [-0.25, -0.2) is 8.42 Å². The predicted molar refractivity (Wildman–Crippen MR) is 99.1 cm³/mol. The third-order valence-electron chi connectivity index (χ3n) is 4.34. The van der Waals surface area contributed by atoms with Crippen molar-refractivity contribution in [2.75, 3.05) is 17.4 Å². The van der Waals surface area contributed by atoms with Crippen molar-refractivity contribution in [1.82, 2.24) is 5.32 Å². The second kappa shape index (κ2) is 6.88. The van der Waals surface area contributed by atoms with Crippen LogP contribution in [0.5, 0.6) is 0 Å². The Morgan fingerprint density at radius 1 is 1.08 bits per heavy atom. The van der Waals surface area contributed by atoms with E-state index in [-0.39, 0.29) is 17.3 Å². The molecule has 25 heavy (non-hydrogen) atoms. The quantitative estimate of drug-likeness (QED) is 0.894. The van der Waals surface area contributed by atoms with Gasteiger partial charge in [0.25, 0.3) is 10.0 Å². The third-order valence-corrected chi connectivity index (χ3v) is 6.16. The van der Waals surface area contributed by atoms with E-state index < -0.39 is 10.0 Å². The molecule has 1 aliphatic heterocycles. The smallest absolute Gasteiger partial charge is 0.265 e. The van der Waals surface area contributed by atoms with Crippen LogP contribution in [0.3, 0.4) is 0 Å². The number of sulfonamides is 1. The van der Waals surface area contributed by atoms with E-state index in [9.17, 15) is 13.2 Å². The highest BCUT2D eigenvalue weighted by molar-refractivity contribution is 7.93. The summed E-state index contributed by atoms with van der Waals surface area (Å²) in [5.41, 5.74) is 3.23. The summed E-state index contributed by atoms with van der Waals surface area (Å²) in [7, 11) is -3.76. The molecular formula is C19H22N2O3S. The number of fused-ring (bicyclic) bond motifs is 3. The molecule has 1 heterocycles. The van der Waals surface area contributed by atoms with Gasteiger partial charge in [0.05, 0.1) is 10.6 Å². The molecule has 0 saturated carbocycles. The Morgan fingerprint density at radius 2 is 1.84 bits per heavy atom. The first kappa shape index (κ1) is 17.5. The second-order valence-corrected chi connectivity index (χ2v) is 7.89. The maximum Gasteiger partial charge on any atom is 0.265 e. The normalized spacial score (nSPS) is 14.6. The average Bonchev–Trinajstić information content (AvgIpc) is 2.63. The van der Waals surface area contributed by atoms with Gasteiger partial charge in [-0.1, -0.05) is 38.1 Å². The molecule has 0 atom stereocenters. The number of nitrogens with one attached hydrogen (secondary N) is 1. The van der Waals surface area contributed by atoms with Gasteiger partial charge in [0, 0.05) is 17.7 Å². The molecule has 0 radical (unpaired) electrons. The van der Waals surface area contributed by atoms with Crippen LogP contribution in [-0.4, -0.2) is 27.4 Å². The van der Waals surface area contributed by atoms with Crippen LogP contribution in [0.25, 0.3) is 11.1 Å². The van der Waals surface area contributed by atoms with Crippen LogP contribution in [0.15, 0.2) is 47.4 Å². The Labute approximate surface area is 148 Å². The Kier molecular flexibility index (Phi) is 4.81. The van der Waals surface area contributed by atoms with Crippen LogP contribution in [0.4, 0.5) is 5.69 Å². The number of anilines is 1. The molecule has 0 fully saturated rings. The van der Waals surface area contributed by atoms with Crippen molar-refractivity contribution in [2.45, 2.75) is 31.6 Å². The average molecular weight is 358 g/mol. The van der Waals surface area contributed by atoms with Crippen molar-refractivity contribution in [3.63, 3.8) is 0 Å². The van der Waals surface area contributed by atoms with Gasteiger partial charge in [-0.2, -0.15) is 0 Å². The molecule has 0 unspecified atom stereocenters. The van der Waals surface area contributed by atoms with Crippen molar-refractivity contribution in [3.8, 4) is 11.1 Å². The zero-order chi connectivity index (χ0) is 18.0. The molecule has 0 bridgehead atoms. The summed E-state index contributed by atoms with van der Waals surface area (Å²) in [6, 6.07) is 12.7. The maximum atomic E-state index is 13.1. The van der Waals surface area contributed by atoms with Gasteiger partial charge < -0.3 is 5.32 Å². The van der Waals surface area contributed by atoms with Gasteiger partial charge in [-0.15, -0.1) is 0 Å². The van der Waals surface area contributed by atoms with E-state index in [1.807, 2.05) is 31.2 Å². The maximum absolute atomic E-state index is 13.1. The van der Waals surface area contributed by atoms with Gasteiger partial charge in [0.15, 0.2) is 0 Å². The minimum atomic E-state index is -3.76. The Morgan fingerprint density at radius 3 is 2.56 bits per heavy atom. The summed E-state index contributed by atoms with van der Waals surface area (Å²) in [5, 5.41) is 2.75. The minimum Gasteiger partial charge on any atom is -0.355 e. The first-order chi connectivity index (χ1) is 12.0. The molecule has 1 amide bonds. The van der Waals surface area contributed by atoms with Crippen LogP contribution in [0.1, 0.15) is 25.8 Å². The largest absolute Gasteiger partial charge is 0.355 e. The van der Waals surface area contributed by atoms with Crippen molar-refractivity contribution in [1.29, 1.82) is 0 Å². The summed E-state index contributed by atoms with van der Waals surface area (Å²) < 4.78 is 27.4. The van der Waals surface area contributed by atoms with E-state index in [2.05, 4.69) is 12.2 Å². The number of aryl methyl sites for hydroxylation is 1. The molecule has 1 N–H and O–H groups in total. The summed E-state index contributed by atoms with van der Waals surface area (Å²) in [6.45, 7) is 4.33. The molecule has 0 aliphatic carbocycles. The van der Waals surface area contributed by atoms with E-state index in [0.29, 0.717) is 17.8 Å². The van der Waals surface area contributed by atoms with Gasteiger partial charge in [0.1, 0.15) is 6.54 Å². The third kappa shape index (κ3) is 3.14. The molecule has 2 aromatic rings. The van der Waals surface area contributed by atoms with Gasteiger partial charge >= 0.3 is 0 Å². The minimum absolute atomic E-state index is 0.213. The first-order valence-corrected chi connectivity index (χ1v) is 9.94. The number of benzene rings is 2. The van der Waals surface area contributed by atoms with Crippen LogP contribution in [0, 0.1) is 0 Å². The molecule has 0 spiro atoms. The monoisotopic (exact) mass is 358 g/mol. The fraction of sp³-hybridized carbons (Fsp3) is 0.316. The van der Waals surface area contributed by atoms with Crippen LogP contribution in [0.2, 0.25) is 0 Å². The molecule has 5 nitrogen and oxygen atoms in total. The molecule has 1 aliphatic rings. The van der Waals surface area contributed by atoms with E-state index in [4.69, 9.17) is 0 Å². The van der Waals surface area contributed by atoms with Gasteiger partial charge in [-0.3, -0.25) is 9.10 Å². The zero-order valence-electron chi connectivity index (χ0n) is 14.5. The Hall–Kier alpha value is -2.34. The highest BCUT2D eigenvalue weighted by Gasteiger charge is 2.35. The van der Waals surface area contributed by atoms with Crippen molar-refractivity contribution in [2.24, 2.45) is 0 Å². The second-order valence-electron chi connectivity index (χ2n) is 6.06. The zero-order valence-corrected chi connectivity index (χ0v) is 15.3. The predicted octanol–water partition coefficient (Wildman–Crippen LogP) is 2.95. The van der Waals surface area contributed by atoms with E-state index in [0.717, 1.165) is 24.0 Å². The van der Waals surface area contributed by atoms with E-state index in [1.54, 1.807) is 18.2 Å². The number of carbonyl (C=O) groups excluding carboxylic acids is 1. The summed E-state index contributed by atoms with van der Waals surface area (Å²) in [6.07, 6.45) is 1.66. The Bertz CT molecular complexity index is 907. The standard InChI is InChI=1S/C19H22N2O3S/c1-3-11-20-19(22)13-21-17-10-9-14(4-2)12-16(17)15-7-5-6-8-18(15)25(21,23)24/h5-10,12H,3-4,11,13H2,1-2H3,(H,20,22). The van der Waals surface area contributed by atoms with Crippen LogP contribution >= 0.6 is 0 Å². The summed E-state index contributed by atoms with van der Waals surface area (Å²) >= 11 is 0. The number of amides is 1. The lowest BCUT2D eigenvalue weighted by molar-refractivity contribution is -0.119. The van der Waals surface area contributed by atoms with E-state index in [1.165, 1.54) is 4.31 Å². The fourth-order valence-electron chi connectivity index (χ4n) is 3.02. The molecule has 3 rings (SSSR count). The first-order valence-electron chi connectivity index (χ1n) is 8.50. The van der Waals surface area contributed by atoms with Crippen molar-refractivity contribution < 1.29 is 13.2 Å². The number of carbonyl (C=O) groups is 1. The van der Waals surface area contributed by atoms with Gasteiger partial charge in [0.2, 0.25) is 5.91 Å². The lowest BCUT2D eigenvalue weighted by Gasteiger charge is -2.32. The lowest BCUT2D eigenvalue weighted by Crippen LogP contribution is -2.42. The molecule has 132 valence electrons. The fourth-order valence-corrected chi connectivity index (χ4v) is 4.67. The molecule has 6 heteroatoms. The lowest BCUT2D eigenvalue weighted by atomic mass is 9.99. The topological polar surface area (TPSA) is 66.5 Å². The Balaban J connectivity index is 2.12. The number of hydrogen-bond donors (Lipinski definition) is 1. The summed E-state index contributed by atoms with van der Waals surface area (Å²) in [5.74, 6) is -0.296. The van der Waals surface area contributed by atoms with Crippen molar-refractivity contribution in [3.05, 3.63) is 48.0 Å². The molecular weight excluding hydrogens is 336 g/mol. The number of rotatable bonds is 5. The highest BCUT2D eigenvalue weighted by atomic mass is 32.2. The van der Waals surface area contributed by atoms with E-state index >= 15 is 0 Å². The molecule has 0 saturated heterocycles. The van der Waals surface area contributed by atoms with Crippen LogP contribution < -0.4 is 9.62 Å². The number of hydrogen-bond acceptors (Lipinski definition) is 3. The molecule has 0 aromatic heterocycles. The number of nitrogens with zero attached hydrogens (tertiary/aromatic N) is 1. The van der Waals surface area contributed by atoms with Crippen molar-refractivity contribution >= 4 is 21.6 Å². The highest BCUT2D eigenvalue weighted by Crippen LogP contribution is 2.43.